The highest BCUT2D eigenvalue weighted by atomic mass is 19.2. The second kappa shape index (κ2) is 7.70. The van der Waals surface area contributed by atoms with Gasteiger partial charge >= 0.3 is 0 Å². The van der Waals surface area contributed by atoms with Gasteiger partial charge in [-0.05, 0) is 45.0 Å². The second-order valence-electron chi connectivity index (χ2n) is 5.65. The molecular formula is C16H24F2N2. The van der Waals surface area contributed by atoms with Crippen LogP contribution in [-0.4, -0.2) is 24.5 Å². The van der Waals surface area contributed by atoms with E-state index in [2.05, 4.69) is 4.90 Å². The molecule has 1 heterocycles. The van der Waals surface area contributed by atoms with Crippen LogP contribution in [0.5, 0.6) is 0 Å². The number of hydrogen-bond acceptors (Lipinski definition) is 2. The van der Waals surface area contributed by atoms with Gasteiger partial charge in [0.25, 0.3) is 0 Å². The number of rotatable bonds is 4. The van der Waals surface area contributed by atoms with Crippen LogP contribution < -0.4 is 5.73 Å². The summed E-state index contributed by atoms with van der Waals surface area (Å²) < 4.78 is 26.9. The molecule has 1 aromatic carbocycles. The summed E-state index contributed by atoms with van der Waals surface area (Å²) in [5.41, 5.74) is 6.31. The zero-order chi connectivity index (χ0) is 14.4. The van der Waals surface area contributed by atoms with Crippen molar-refractivity contribution in [3.63, 3.8) is 0 Å². The van der Waals surface area contributed by atoms with Crippen molar-refractivity contribution in [1.29, 1.82) is 0 Å². The van der Waals surface area contributed by atoms with Gasteiger partial charge in [-0.15, -0.1) is 0 Å². The van der Waals surface area contributed by atoms with Crippen molar-refractivity contribution in [2.45, 2.75) is 44.6 Å². The Bertz CT molecular complexity index is 415. The lowest BCUT2D eigenvalue weighted by Gasteiger charge is -2.25. The first-order valence-corrected chi connectivity index (χ1v) is 7.60. The topological polar surface area (TPSA) is 29.3 Å². The molecular weight excluding hydrogens is 258 g/mol. The first kappa shape index (κ1) is 15.4. The Labute approximate surface area is 120 Å². The Morgan fingerprint density at radius 1 is 1.05 bits per heavy atom. The molecule has 0 amide bonds. The lowest BCUT2D eigenvalue weighted by Crippen LogP contribution is -2.30. The lowest BCUT2D eigenvalue weighted by atomic mass is 10.0. The van der Waals surface area contributed by atoms with Crippen molar-refractivity contribution in [2.75, 3.05) is 19.6 Å². The van der Waals surface area contributed by atoms with Crippen molar-refractivity contribution in [3.8, 4) is 0 Å². The minimum Gasteiger partial charge on any atom is -0.324 e. The van der Waals surface area contributed by atoms with Crippen LogP contribution in [0.1, 0.15) is 50.1 Å². The van der Waals surface area contributed by atoms with E-state index >= 15 is 0 Å². The van der Waals surface area contributed by atoms with E-state index in [1.54, 1.807) is 6.07 Å². The van der Waals surface area contributed by atoms with Gasteiger partial charge in [-0.1, -0.05) is 31.4 Å². The number of nitrogens with zero attached hydrogens (tertiary/aromatic N) is 1. The summed E-state index contributed by atoms with van der Waals surface area (Å²) in [5.74, 6) is -1.61. The molecule has 2 nitrogen and oxygen atoms in total. The summed E-state index contributed by atoms with van der Waals surface area (Å²) in [4.78, 5) is 2.40. The molecule has 2 rings (SSSR count). The molecule has 1 fully saturated rings. The molecule has 0 spiro atoms. The maximum Gasteiger partial charge on any atom is 0.163 e. The molecule has 4 heteroatoms. The largest absolute Gasteiger partial charge is 0.324 e. The first-order valence-electron chi connectivity index (χ1n) is 7.60. The summed E-state index contributed by atoms with van der Waals surface area (Å²) in [6.45, 7) is 3.05. The van der Waals surface area contributed by atoms with Gasteiger partial charge in [0.2, 0.25) is 0 Å². The standard InChI is InChI=1S/C16H24F2N2/c17-14-8-6-7-13(16(14)18)15(19)9-12-20-10-4-2-1-3-5-11-20/h6-8,15H,1-5,9-12,19H2. The predicted octanol–water partition coefficient (Wildman–Crippen LogP) is 3.62. The van der Waals surface area contributed by atoms with Gasteiger partial charge in [-0.3, -0.25) is 0 Å². The minimum atomic E-state index is -0.816. The van der Waals surface area contributed by atoms with E-state index in [1.807, 2.05) is 0 Å². The normalized spacial score (nSPS) is 19.4. The maximum absolute atomic E-state index is 13.7. The van der Waals surface area contributed by atoms with E-state index in [0.29, 0.717) is 6.42 Å². The Kier molecular flexibility index (Phi) is 5.92. The van der Waals surface area contributed by atoms with Gasteiger partial charge in [0, 0.05) is 11.6 Å². The van der Waals surface area contributed by atoms with Crippen LogP contribution in [0.4, 0.5) is 8.78 Å². The van der Waals surface area contributed by atoms with E-state index in [-0.39, 0.29) is 5.56 Å². The van der Waals surface area contributed by atoms with Crippen molar-refractivity contribution in [1.82, 2.24) is 4.90 Å². The Morgan fingerprint density at radius 2 is 1.70 bits per heavy atom. The van der Waals surface area contributed by atoms with E-state index in [9.17, 15) is 8.78 Å². The molecule has 112 valence electrons. The number of nitrogens with two attached hydrogens (primary N) is 1. The third-order valence-electron chi connectivity index (χ3n) is 4.09. The summed E-state index contributed by atoms with van der Waals surface area (Å²) in [6.07, 6.45) is 7.04. The van der Waals surface area contributed by atoms with E-state index in [4.69, 9.17) is 5.73 Å². The lowest BCUT2D eigenvalue weighted by molar-refractivity contribution is 0.238. The second-order valence-corrected chi connectivity index (χ2v) is 5.65. The molecule has 1 saturated heterocycles. The SMILES string of the molecule is NC(CCN1CCCCCCC1)c1cccc(F)c1F. The third kappa shape index (κ3) is 4.25. The zero-order valence-corrected chi connectivity index (χ0v) is 12.0. The van der Waals surface area contributed by atoms with Crippen LogP contribution in [0.15, 0.2) is 18.2 Å². The molecule has 0 radical (unpaired) electrons. The first-order chi connectivity index (χ1) is 9.68. The smallest absolute Gasteiger partial charge is 0.163 e. The Balaban J connectivity index is 1.87. The summed E-state index contributed by atoms with van der Waals surface area (Å²) >= 11 is 0. The van der Waals surface area contributed by atoms with Crippen LogP contribution in [0.3, 0.4) is 0 Å². The van der Waals surface area contributed by atoms with Crippen molar-refractivity contribution in [2.24, 2.45) is 5.73 Å². The fraction of sp³-hybridized carbons (Fsp3) is 0.625. The molecule has 1 aromatic rings. The molecule has 0 bridgehead atoms. The zero-order valence-electron chi connectivity index (χ0n) is 12.0. The molecule has 1 unspecified atom stereocenters. The highest BCUT2D eigenvalue weighted by Crippen LogP contribution is 2.21. The highest BCUT2D eigenvalue weighted by Gasteiger charge is 2.16. The number of likely N-dealkylation sites (tertiary alicyclic amines) is 1. The van der Waals surface area contributed by atoms with Crippen molar-refractivity contribution < 1.29 is 8.78 Å². The van der Waals surface area contributed by atoms with Gasteiger partial charge in [-0.25, -0.2) is 8.78 Å². The van der Waals surface area contributed by atoms with E-state index in [1.165, 1.54) is 38.2 Å². The van der Waals surface area contributed by atoms with Gasteiger partial charge in [0.1, 0.15) is 0 Å². The molecule has 1 aliphatic heterocycles. The van der Waals surface area contributed by atoms with E-state index < -0.39 is 17.7 Å². The molecule has 0 aromatic heterocycles. The quantitative estimate of drug-likeness (QED) is 0.914. The molecule has 2 N–H and O–H groups in total. The van der Waals surface area contributed by atoms with Gasteiger partial charge in [0.05, 0.1) is 0 Å². The number of benzene rings is 1. The molecule has 0 saturated carbocycles. The molecule has 1 atom stereocenters. The van der Waals surface area contributed by atoms with Crippen LogP contribution in [0.25, 0.3) is 0 Å². The van der Waals surface area contributed by atoms with Crippen LogP contribution in [0, 0.1) is 11.6 Å². The van der Waals surface area contributed by atoms with Gasteiger partial charge in [-0.2, -0.15) is 0 Å². The number of hydrogen-bond donors (Lipinski definition) is 1. The fourth-order valence-electron chi connectivity index (χ4n) is 2.82. The van der Waals surface area contributed by atoms with Crippen LogP contribution in [0.2, 0.25) is 0 Å². The number of halogens is 2. The van der Waals surface area contributed by atoms with Gasteiger partial charge < -0.3 is 10.6 Å². The Morgan fingerprint density at radius 3 is 2.40 bits per heavy atom. The monoisotopic (exact) mass is 282 g/mol. The van der Waals surface area contributed by atoms with Gasteiger partial charge in [0.15, 0.2) is 11.6 Å². The molecule has 0 aliphatic carbocycles. The average molecular weight is 282 g/mol. The fourth-order valence-corrected chi connectivity index (χ4v) is 2.82. The predicted molar refractivity (Wildman–Crippen MR) is 77.4 cm³/mol. The van der Waals surface area contributed by atoms with Crippen LogP contribution >= 0.6 is 0 Å². The van der Waals surface area contributed by atoms with Crippen molar-refractivity contribution >= 4 is 0 Å². The molecule has 1 aliphatic rings. The Hall–Kier alpha value is -1.00. The molecule has 20 heavy (non-hydrogen) atoms. The van der Waals surface area contributed by atoms with E-state index in [0.717, 1.165) is 25.7 Å². The maximum atomic E-state index is 13.7. The van der Waals surface area contributed by atoms with Crippen LogP contribution in [-0.2, 0) is 0 Å². The van der Waals surface area contributed by atoms with Crippen molar-refractivity contribution in [3.05, 3.63) is 35.4 Å². The summed E-state index contributed by atoms with van der Waals surface area (Å²) in [5, 5.41) is 0. The minimum absolute atomic E-state index is 0.289. The third-order valence-corrected chi connectivity index (χ3v) is 4.09. The average Bonchev–Trinajstić information content (AvgIpc) is 2.40. The summed E-state index contributed by atoms with van der Waals surface area (Å²) in [6, 6.07) is 3.79. The summed E-state index contributed by atoms with van der Waals surface area (Å²) in [7, 11) is 0. The highest BCUT2D eigenvalue weighted by molar-refractivity contribution is 5.22.